The summed E-state index contributed by atoms with van der Waals surface area (Å²) in [7, 11) is 0. The summed E-state index contributed by atoms with van der Waals surface area (Å²) < 4.78 is 16.2. The lowest BCUT2D eigenvalue weighted by Crippen LogP contribution is -2.51. The monoisotopic (exact) mass is 737 g/mol. The lowest BCUT2D eigenvalue weighted by molar-refractivity contribution is -0.114. The van der Waals surface area contributed by atoms with E-state index < -0.39 is 12.2 Å². The summed E-state index contributed by atoms with van der Waals surface area (Å²) in [6.45, 7) is 21.7. The van der Waals surface area contributed by atoms with Crippen molar-refractivity contribution in [1.29, 1.82) is 0 Å². The maximum Gasteiger partial charge on any atom is 0.508 e. The van der Waals surface area contributed by atoms with Gasteiger partial charge in [0, 0.05) is 24.7 Å². The second-order valence-corrected chi connectivity index (χ2v) is 17.9. The van der Waals surface area contributed by atoms with Crippen LogP contribution in [0, 0.1) is 46.3 Å². The highest BCUT2D eigenvalue weighted by atomic mass is 16.7. The predicted octanol–water partition coefficient (Wildman–Crippen LogP) is 12.3. The van der Waals surface area contributed by atoms with Crippen molar-refractivity contribution >= 4 is 29.5 Å². The van der Waals surface area contributed by atoms with Crippen LogP contribution in [0.5, 0.6) is 0 Å². The van der Waals surface area contributed by atoms with Crippen LogP contribution < -0.4 is 10.6 Å². The number of benzene rings is 1. The van der Waals surface area contributed by atoms with Gasteiger partial charge in [0.1, 0.15) is 18.3 Å². The summed E-state index contributed by atoms with van der Waals surface area (Å²) >= 11 is 0. The van der Waals surface area contributed by atoms with Crippen LogP contribution in [0.1, 0.15) is 153 Å². The largest absolute Gasteiger partial charge is 0.508 e. The first-order valence-corrected chi connectivity index (χ1v) is 21.0. The molecule has 10 atom stereocenters. The van der Waals surface area contributed by atoms with Crippen molar-refractivity contribution in [3.63, 3.8) is 0 Å². The Morgan fingerprint density at radius 2 is 1.45 bits per heavy atom. The Labute approximate surface area is 321 Å². The van der Waals surface area contributed by atoms with Gasteiger partial charge in [-0.1, -0.05) is 79.4 Å². The molecule has 0 aliphatic heterocycles. The molecule has 4 aliphatic carbocycles. The molecular formula is C45H72N2O6. The van der Waals surface area contributed by atoms with Crippen LogP contribution in [-0.2, 0) is 19.0 Å². The van der Waals surface area contributed by atoms with Crippen LogP contribution in [0.25, 0.3) is 0 Å². The molecule has 0 bridgehead atoms. The third kappa shape index (κ3) is 11.0. The molecule has 0 spiro atoms. The van der Waals surface area contributed by atoms with Gasteiger partial charge in [-0.2, -0.15) is 0 Å². The topological polar surface area (TPSA) is 103 Å². The number of fused-ring (bicyclic) bond motifs is 5. The predicted molar refractivity (Wildman–Crippen MR) is 215 cm³/mol. The number of ether oxygens (including phenoxy) is 3. The number of anilines is 2. The maximum atomic E-state index is 12.2. The van der Waals surface area contributed by atoms with E-state index in [1.165, 1.54) is 58.3 Å². The Hall–Kier alpha value is -3.03. The molecule has 8 nitrogen and oxygen atoms in total. The number of carbonyl (C=O) groups excluding carboxylic acids is 3. The van der Waals surface area contributed by atoms with E-state index in [0.29, 0.717) is 22.2 Å². The van der Waals surface area contributed by atoms with Crippen molar-refractivity contribution in [3.05, 3.63) is 35.9 Å². The molecule has 10 unspecified atom stereocenters. The lowest BCUT2D eigenvalue weighted by atomic mass is 9.47. The van der Waals surface area contributed by atoms with Gasteiger partial charge in [0.25, 0.3) is 0 Å². The van der Waals surface area contributed by atoms with Crippen LogP contribution in [-0.4, -0.2) is 36.5 Å². The molecule has 2 amide bonds. The highest BCUT2D eigenvalue weighted by Crippen LogP contribution is 2.67. The van der Waals surface area contributed by atoms with E-state index in [1.54, 1.807) is 29.8 Å². The fourth-order valence-electron chi connectivity index (χ4n) is 10.4. The average molecular weight is 737 g/mol. The average Bonchev–Trinajstić information content (AvgIpc) is 3.46. The van der Waals surface area contributed by atoms with Gasteiger partial charge in [-0.05, 0) is 142 Å². The molecule has 3 saturated carbocycles. The van der Waals surface area contributed by atoms with Crippen LogP contribution in [0.3, 0.4) is 0 Å². The van der Waals surface area contributed by atoms with Crippen molar-refractivity contribution < 1.29 is 28.6 Å². The van der Waals surface area contributed by atoms with Crippen LogP contribution in [0.4, 0.5) is 21.0 Å². The summed E-state index contributed by atoms with van der Waals surface area (Å²) in [5, 5.41) is 5.26. The number of carbonyl (C=O) groups is 3. The minimum Gasteiger partial charge on any atom is -0.446 e. The van der Waals surface area contributed by atoms with E-state index in [-0.39, 0.29) is 24.2 Å². The Balaban J connectivity index is 0.000000294. The molecule has 1 aromatic rings. The molecule has 0 saturated heterocycles. The SMILES string of the molecule is CCC(C)OC(=O)Nc1ccc(NC(C)=O)cc1.CCC(C)OC(=O)OC1CCC2(C)C(=CCC3C2CCC2(C)C(C(C)CCCC(C)C)CCC32)C1. The van der Waals surface area contributed by atoms with E-state index in [9.17, 15) is 14.4 Å². The van der Waals surface area contributed by atoms with E-state index in [1.807, 2.05) is 27.7 Å². The Bertz CT molecular complexity index is 1390. The third-order valence-corrected chi connectivity index (χ3v) is 13.7. The molecule has 0 aromatic heterocycles. The second-order valence-electron chi connectivity index (χ2n) is 17.9. The van der Waals surface area contributed by atoms with Crippen molar-refractivity contribution in [2.24, 2.45) is 46.3 Å². The van der Waals surface area contributed by atoms with Crippen LogP contribution >= 0.6 is 0 Å². The fraction of sp³-hybridized carbons (Fsp3) is 0.756. The van der Waals surface area contributed by atoms with E-state index in [0.717, 1.165) is 67.6 Å². The first-order valence-electron chi connectivity index (χ1n) is 21.0. The summed E-state index contributed by atoms with van der Waals surface area (Å²) in [6.07, 6.45) is 17.2. The van der Waals surface area contributed by atoms with Gasteiger partial charge in [-0.15, -0.1) is 0 Å². The quantitative estimate of drug-likeness (QED) is 0.164. The first-order chi connectivity index (χ1) is 25.1. The van der Waals surface area contributed by atoms with Gasteiger partial charge in [-0.25, -0.2) is 9.59 Å². The standard InChI is InChI=1S/C32H54O3.C13H18N2O3/c1-8-23(5)34-30(33)35-25-16-18-31(6)24(20-25)12-13-26-28-15-14-27(22(4)11-9-10-21(2)3)32(28,7)19-17-29(26)31;1-4-9(2)18-13(17)15-12-7-5-11(6-8-12)14-10(3)16/h12,21-23,25-29H,8-11,13-20H2,1-7H3;5-9H,4H2,1-3H3,(H,14,16)(H,15,17). The number of hydrogen-bond acceptors (Lipinski definition) is 6. The maximum absolute atomic E-state index is 12.2. The molecule has 8 heteroatoms. The number of allylic oxidation sites excluding steroid dienone is 1. The summed E-state index contributed by atoms with van der Waals surface area (Å²) in [5.41, 5.74) is 3.72. The van der Waals surface area contributed by atoms with Crippen LogP contribution in [0.2, 0.25) is 0 Å². The zero-order valence-corrected chi connectivity index (χ0v) is 34.7. The molecule has 5 rings (SSSR count). The summed E-state index contributed by atoms with van der Waals surface area (Å²) in [6, 6.07) is 6.81. The number of amides is 2. The van der Waals surface area contributed by atoms with Gasteiger partial charge >= 0.3 is 12.2 Å². The smallest absolute Gasteiger partial charge is 0.446 e. The fourth-order valence-corrected chi connectivity index (χ4v) is 10.4. The zero-order valence-electron chi connectivity index (χ0n) is 34.7. The third-order valence-electron chi connectivity index (χ3n) is 13.7. The van der Waals surface area contributed by atoms with Gasteiger partial charge in [0.2, 0.25) is 5.91 Å². The minimum atomic E-state index is -0.477. The Kier molecular flexibility index (Phi) is 15.3. The van der Waals surface area contributed by atoms with Crippen LogP contribution in [0.15, 0.2) is 35.9 Å². The van der Waals surface area contributed by atoms with Gasteiger partial charge in [0.05, 0.1) is 0 Å². The Morgan fingerprint density at radius 3 is 2.08 bits per heavy atom. The van der Waals surface area contributed by atoms with Crippen molar-refractivity contribution in [2.75, 3.05) is 10.6 Å². The zero-order chi connectivity index (χ0) is 38.9. The minimum absolute atomic E-state index is 0.0150. The Morgan fingerprint density at radius 1 is 0.811 bits per heavy atom. The highest BCUT2D eigenvalue weighted by Gasteiger charge is 2.59. The normalized spacial score (nSPS) is 30.5. The van der Waals surface area contributed by atoms with E-state index >= 15 is 0 Å². The van der Waals surface area contributed by atoms with Crippen molar-refractivity contribution in [1.82, 2.24) is 0 Å². The van der Waals surface area contributed by atoms with Gasteiger partial charge < -0.3 is 19.5 Å². The number of rotatable bonds is 12. The van der Waals surface area contributed by atoms with E-state index in [4.69, 9.17) is 14.2 Å². The van der Waals surface area contributed by atoms with Crippen molar-refractivity contribution in [3.8, 4) is 0 Å². The highest BCUT2D eigenvalue weighted by molar-refractivity contribution is 5.89. The first kappa shape index (κ1) is 42.7. The van der Waals surface area contributed by atoms with Crippen molar-refractivity contribution in [2.45, 2.75) is 171 Å². The summed E-state index contributed by atoms with van der Waals surface area (Å²) in [5.74, 6) is 5.04. The molecule has 0 heterocycles. The molecule has 4 aliphatic rings. The number of hydrogen-bond donors (Lipinski definition) is 2. The molecule has 53 heavy (non-hydrogen) atoms. The molecule has 0 radical (unpaired) electrons. The summed E-state index contributed by atoms with van der Waals surface area (Å²) in [4.78, 5) is 34.5. The second kappa shape index (κ2) is 19.0. The van der Waals surface area contributed by atoms with Gasteiger partial charge in [0.15, 0.2) is 0 Å². The van der Waals surface area contributed by atoms with Gasteiger partial charge in [-0.3, -0.25) is 10.1 Å². The lowest BCUT2D eigenvalue weighted by Gasteiger charge is -2.58. The number of nitrogens with one attached hydrogen (secondary N) is 2. The molecule has 3 fully saturated rings. The molecule has 298 valence electrons. The molecular weight excluding hydrogens is 665 g/mol. The molecule has 2 N–H and O–H groups in total. The van der Waals surface area contributed by atoms with E-state index in [2.05, 4.69) is 51.3 Å². The molecule has 1 aromatic carbocycles.